The molecule has 0 aliphatic rings. The lowest BCUT2D eigenvalue weighted by Gasteiger charge is -2.14. The van der Waals surface area contributed by atoms with Crippen LogP contribution < -0.4 is 5.06 Å². The molecule has 0 saturated heterocycles. The first-order valence-electron chi connectivity index (χ1n) is 3.55. The van der Waals surface area contributed by atoms with Crippen molar-refractivity contribution in [3.63, 3.8) is 0 Å². The van der Waals surface area contributed by atoms with Crippen LogP contribution in [-0.4, -0.2) is 19.1 Å². The van der Waals surface area contributed by atoms with Crippen molar-refractivity contribution in [3.8, 4) is 0 Å². The third-order valence-electron chi connectivity index (χ3n) is 1.63. The Morgan fingerprint density at radius 1 is 1.58 bits per heavy atom. The number of aromatic nitrogens is 1. The number of anilines is 1. The lowest BCUT2D eigenvalue weighted by molar-refractivity contribution is 0.182. The second-order valence-corrected chi connectivity index (χ2v) is 3.33. The fraction of sp³-hybridized carbons (Fsp3) is 0.375. The molecule has 0 N–H and O–H groups in total. The number of hydrogen-bond donors (Lipinski definition) is 0. The van der Waals surface area contributed by atoms with E-state index in [9.17, 15) is 0 Å². The van der Waals surface area contributed by atoms with Crippen LogP contribution in [-0.2, 0) is 4.84 Å². The topological polar surface area (TPSA) is 25.4 Å². The number of halogens is 1. The predicted octanol–water partition coefficient (Wildman–Crippen LogP) is 2.15. The van der Waals surface area contributed by atoms with Crippen LogP contribution in [0.4, 0.5) is 5.82 Å². The highest BCUT2D eigenvalue weighted by Gasteiger charge is 2.02. The van der Waals surface area contributed by atoms with Crippen molar-refractivity contribution in [2.75, 3.05) is 19.2 Å². The maximum absolute atomic E-state index is 4.99. The van der Waals surface area contributed by atoms with Gasteiger partial charge in [-0.15, -0.1) is 0 Å². The summed E-state index contributed by atoms with van der Waals surface area (Å²) in [6.45, 7) is 2.01. The van der Waals surface area contributed by atoms with Crippen molar-refractivity contribution >= 4 is 21.7 Å². The molecule has 0 bridgehead atoms. The Labute approximate surface area is 80.4 Å². The zero-order valence-corrected chi connectivity index (χ0v) is 8.92. The van der Waals surface area contributed by atoms with Crippen LogP contribution in [0.25, 0.3) is 0 Å². The van der Waals surface area contributed by atoms with E-state index in [1.54, 1.807) is 18.4 Å². The van der Waals surface area contributed by atoms with Crippen molar-refractivity contribution in [1.82, 2.24) is 4.98 Å². The van der Waals surface area contributed by atoms with Gasteiger partial charge in [0, 0.05) is 17.7 Å². The highest BCUT2D eigenvalue weighted by atomic mass is 79.9. The summed E-state index contributed by atoms with van der Waals surface area (Å²) >= 11 is 3.38. The van der Waals surface area contributed by atoms with E-state index >= 15 is 0 Å². The Balaban J connectivity index is 2.96. The molecule has 0 amide bonds. The summed E-state index contributed by atoms with van der Waals surface area (Å²) in [7, 11) is 3.43. The van der Waals surface area contributed by atoms with Crippen LogP contribution in [0.2, 0.25) is 0 Å². The van der Waals surface area contributed by atoms with Gasteiger partial charge in [0.25, 0.3) is 0 Å². The standard InChI is InChI=1S/C8H11BrN2O/c1-6-4-8(11(2)12-3)10-5-7(6)9/h4-5H,1-3H3. The van der Waals surface area contributed by atoms with E-state index in [2.05, 4.69) is 20.9 Å². The van der Waals surface area contributed by atoms with Crippen LogP contribution in [0.1, 0.15) is 5.56 Å². The summed E-state index contributed by atoms with van der Waals surface area (Å²) in [6.07, 6.45) is 1.76. The first-order valence-corrected chi connectivity index (χ1v) is 4.34. The molecule has 1 aromatic rings. The van der Waals surface area contributed by atoms with Crippen molar-refractivity contribution in [1.29, 1.82) is 0 Å². The summed E-state index contributed by atoms with van der Waals surface area (Å²) < 4.78 is 1.01. The lowest BCUT2D eigenvalue weighted by Crippen LogP contribution is -2.16. The van der Waals surface area contributed by atoms with Gasteiger partial charge in [0.2, 0.25) is 0 Å². The minimum Gasteiger partial charge on any atom is -0.276 e. The number of nitrogens with zero attached hydrogens (tertiary/aromatic N) is 2. The molecule has 1 rings (SSSR count). The summed E-state index contributed by atoms with van der Waals surface area (Å²) in [5, 5.41) is 1.61. The predicted molar refractivity (Wildman–Crippen MR) is 52.1 cm³/mol. The van der Waals surface area contributed by atoms with Gasteiger partial charge in [-0.25, -0.2) is 10.0 Å². The third-order valence-corrected chi connectivity index (χ3v) is 2.46. The first kappa shape index (κ1) is 9.48. The van der Waals surface area contributed by atoms with Crippen molar-refractivity contribution < 1.29 is 4.84 Å². The number of hydrogen-bond acceptors (Lipinski definition) is 3. The Hall–Kier alpha value is -0.610. The highest BCUT2D eigenvalue weighted by Crippen LogP contribution is 2.18. The zero-order chi connectivity index (χ0) is 9.14. The smallest absolute Gasteiger partial charge is 0.152 e. The fourth-order valence-corrected chi connectivity index (χ4v) is 1.01. The molecule has 0 fully saturated rings. The average molecular weight is 231 g/mol. The van der Waals surface area contributed by atoms with E-state index < -0.39 is 0 Å². The van der Waals surface area contributed by atoms with E-state index in [1.165, 1.54) is 0 Å². The Morgan fingerprint density at radius 2 is 2.25 bits per heavy atom. The SMILES string of the molecule is CON(C)c1cc(C)c(Br)cn1. The monoisotopic (exact) mass is 230 g/mol. The Morgan fingerprint density at radius 3 is 2.75 bits per heavy atom. The van der Waals surface area contributed by atoms with E-state index in [0.717, 1.165) is 15.9 Å². The van der Waals surface area contributed by atoms with E-state index in [-0.39, 0.29) is 0 Å². The minimum atomic E-state index is 0.804. The molecule has 66 valence electrons. The molecule has 0 unspecified atom stereocenters. The summed E-state index contributed by atoms with van der Waals surface area (Å²) in [6, 6.07) is 1.95. The molecular formula is C8H11BrN2O. The Bertz CT molecular complexity index is 278. The van der Waals surface area contributed by atoms with Gasteiger partial charge in [-0.3, -0.25) is 4.84 Å². The van der Waals surface area contributed by atoms with Gasteiger partial charge >= 0.3 is 0 Å². The maximum Gasteiger partial charge on any atom is 0.152 e. The van der Waals surface area contributed by atoms with E-state index in [1.807, 2.05) is 20.0 Å². The number of hydroxylamine groups is 1. The largest absolute Gasteiger partial charge is 0.276 e. The van der Waals surface area contributed by atoms with Gasteiger partial charge < -0.3 is 0 Å². The maximum atomic E-state index is 4.99. The molecule has 0 spiro atoms. The number of pyridine rings is 1. The molecule has 0 aliphatic carbocycles. The summed E-state index contributed by atoms with van der Waals surface area (Å²) in [4.78, 5) is 9.15. The second kappa shape index (κ2) is 3.87. The lowest BCUT2D eigenvalue weighted by atomic mass is 10.3. The quantitative estimate of drug-likeness (QED) is 0.729. The van der Waals surface area contributed by atoms with Crippen molar-refractivity contribution in [3.05, 3.63) is 22.3 Å². The molecule has 0 aliphatic heterocycles. The van der Waals surface area contributed by atoms with Crippen LogP contribution in [0.3, 0.4) is 0 Å². The molecular weight excluding hydrogens is 220 g/mol. The minimum absolute atomic E-state index is 0.804. The van der Waals surface area contributed by atoms with Gasteiger partial charge in [-0.2, -0.15) is 0 Å². The Kier molecular flexibility index (Phi) is 3.05. The summed E-state index contributed by atoms with van der Waals surface area (Å²) in [5.74, 6) is 0.804. The van der Waals surface area contributed by atoms with Gasteiger partial charge in [-0.05, 0) is 34.5 Å². The second-order valence-electron chi connectivity index (χ2n) is 2.47. The third kappa shape index (κ3) is 1.95. The number of rotatable bonds is 2. The normalized spacial score (nSPS) is 10.0. The fourth-order valence-electron chi connectivity index (χ4n) is 0.790. The molecule has 4 heteroatoms. The van der Waals surface area contributed by atoms with E-state index in [0.29, 0.717) is 0 Å². The van der Waals surface area contributed by atoms with E-state index in [4.69, 9.17) is 4.84 Å². The molecule has 0 saturated carbocycles. The molecule has 0 radical (unpaired) electrons. The van der Waals surface area contributed by atoms with Gasteiger partial charge in [-0.1, -0.05) is 0 Å². The summed E-state index contributed by atoms with van der Waals surface area (Å²) in [5.41, 5.74) is 1.14. The molecule has 1 heterocycles. The van der Waals surface area contributed by atoms with Gasteiger partial charge in [0.05, 0.1) is 7.11 Å². The zero-order valence-electron chi connectivity index (χ0n) is 7.34. The van der Waals surface area contributed by atoms with Crippen LogP contribution in [0.15, 0.2) is 16.7 Å². The van der Waals surface area contributed by atoms with Crippen LogP contribution in [0, 0.1) is 6.92 Å². The first-order chi connectivity index (χ1) is 5.65. The van der Waals surface area contributed by atoms with Crippen LogP contribution in [0.5, 0.6) is 0 Å². The molecule has 1 aromatic heterocycles. The van der Waals surface area contributed by atoms with Gasteiger partial charge in [0.15, 0.2) is 5.82 Å². The molecule has 0 atom stereocenters. The van der Waals surface area contributed by atoms with Crippen molar-refractivity contribution in [2.45, 2.75) is 6.92 Å². The molecule has 0 aromatic carbocycles. The average Bonchev–Trinajstić information content (AvgIpc) is 2.08. The molecule has 3 nitrogen and oxygen atoms in total. The van der Waals surface area contributed by atoms with Crippen LogP contribution >= 0.6 is 15.9 Å². The highest BCUT2D eigenvalue weighted by molar-refractivity contribution is 9.10. The van der Waals surface area contributed by atoms with Crippen molar-refractivity contribution in [2.24, 2.45) is 0 Å². The molecule has 12 heavy (non-hydrogen) atoms. The number of aryl methyl sites for hydroxylation is 1. The van der Waals surface area contributed by atoms with Gasteiger partial charge in [0.1, 0.15) is 0 Å².